The number of ether oxygens (including phenoxy) is 1. The molecule has 1 aliphatic heterocycles. The molecule has 1 aliphatic rings. The number of nitrogens with zero attached hydrogens (tertiary/aromatic N) is 1. The third kappa shape index (κ3) is 2.82. The van der Waals surface area contributed by atoms with Gasteiger partial charge in [0.25, 0.3) is 0 Å². The fraction of sp³-hybridized carbons (Fsp3) is 0.188. The lowest BCUT2D eigenvalue weighted by Gasteiger charge is -2.24. The monoisotopic (exact) mass is 297 g/mol. The molecule has 2 heterocycles. The number of carbonyl (C=O) groups excluding carboxylic acids is 2. The number of fused-ring (bicyclic) bond motifs is 1. The van der Waals surface area contributed by atoms with Crippen molar-refractivity contribution in [1.82, 2.24) is 10.3 Å². The van der Waals surface area contributed by atoms with Crippen LogP contribution < -0.4 is 15.8 Å². The van der Waals surface area contributed by atoms with Crippen LogP contribution in [0, 0.1) is 0 Å². The number of hydrogen-bond acceptors (Lipinski definition) is 5. The number of carbonyl (C=O) groups is 2. The second kappa shape index (κ2) is 5.95. The normalized spacial score (nSPS) is 16.6. The van der Waals surface area contributed by atoms with Crippen LogP contribution in [-0.4, -0.2) is 23.4 Å². The van der Waals surface area contributed by atoms with Gasteiger partial charge in [-0.05, 0) is 41.8 Å². The summed E-state index contributed by atoms with van der Waals surface area (Å²) in [6.07, 6.45) is 3.84. The SMILES string of the molecule is NC(=O)C1NCCc2cc(C(=O)Oc3ccncc3)ccc21. The first kappa shape index (κ1) is 14.2. The quantitative estimate of drug-likeness (QED) is 0.823. The van der Waals surface area contributed by atoms with Crippen molar-refractivity contribution < 1.29 is 14.3 Å². The molecule has 112 valence electrons. The summed E-state index contributed by atoms with van der Waals surface area (Å²) < 4.78 is 5.28. The van der Waals surface area contributed by atoms with Crippen LogP contribution in [0.1, 0.15) is 27.5 Å². The Morgan fingerprint density at radius 1 is 1.23 bits per heavy atom. The smallest absolute Gasteiger partial charge is 0.343 e. The summed E-state index contributed by atoms with van der Waals surface area (Å²) in [5, 5.41) is 3.07. The molecular weight excluding hydrogens is 282 g/mol. The van der Waals surface area contributed by atoms with E-state index >= 15 is 0 Å². The van der Waals surface area contributed by atoms with Crippen LogP contribution in [-0.2, 0) is 11.2 Å². The summed E-state index contributed by atoms with van der Waals surface area (Å²) in [5.41, 5.74) is 7.58. The Morgan fingerprint density at radius 3 is 2.73 bits per heavy atom. The van der Waals surface area contributed by atoms with E-state index in [0.29, 0.717) is 17.9 Å². The average Bonchev–Trinajstić information content (AvgIpc) is 2.54. The Kier molecular flexibility index (Phi) is 3.84. The number of aromatic nitrogens is 1. The molecule has 22 heavy (non-hydrogen) atoms. The summed E-state index contributed by atoms with van der Waals surface area (Å²) in [7, 11) is 0. The van der Waals surface area contributed by atoms with Gasteiger partial charge in [-0.15, -0.1) is 0 Å². The van der Waals surface area contributed by atoms with Crippen molar-refractivity contribution in [2.75, 3.05) is 6.54 Å². The van der Waals surface area contributed by atoms with E-state index in [1.807, 2.05) is 0 Å². The van der Waals surface area contributed by atoms with Gasteiger partial charge in [0.1, 0.15) is 11.8 Å². The van der Waals surface area contributed by atoms with E-state index in [1.54, 1.807) is 42.7 Å². The van der Waals surface area contributed by atoms with Crippen LogP contribution in [0.3, 0.4) is 0 Å². The molecule has 1 atom stereocenters. The maximum absolute atomic E-state index is 12.2. The summed E-state index contributed by atoms with van der Waals surface area (Å²) in [5.74, 6) is -0.425. The molecule has 3 rings (SSSR count). The predicted molar refractivity (Wildman–Crippen MR) is 79.3 cm³/mol. The standard InChI is InChI=1S/C16H15N3O3/c17-15(20)14-13-2-1-11(9-10(13)3-8-19-14)16(21)22-12-4-6-18-7-5-12/h1-2,4-7,9,14,19H,3,8H2,(H2,17,20). The number of pyridine rings is 1. The summed E-state index contributed by atoms with van der Waals surface area (Å²) in [6, 6.07) is 7.88. The zero-order chi connectivity index (χ0) is 15.5. The maximum atomic E-state index is 12.2. The van der Waals surface area contributed by atoms with Crippen molar-refractivity contribution >= 4 is 11.9 Å². The lowest BCUT2D eigenvalue weighted by Crippen LogP contribution is -2.38. The second-order valence-electron chi connectivity index (χ2n) is 5.03. The van der Waals surface area contributed by atoms with Crippen molar-refractivity contribution in [3.8, 4) is 5.75 Å². The molecule has 0 saturated carbocycles. The maximum Gasteiger partial charge on any atom is 0.343 e. The molecular formula is C16H15N3O3. The Bertz CT molecular complexity index is 716. The molecule has 6 nitrogen and oxygen atoms in total. The Morgan fingerprint density at radius 2 is 2.00 bits per heavy atom. The first-order valence-corrected chi connectivity index (χ1v) is 6.93. The number of rotatable bonds is 3. The van der Waals surface area contributed by atoms with Gasteiger partial charge in [-0.25, -0.2) is 4.79 Å². The second-order valence-corrected chi connectivity index (χ2v) is 5.03. The zero-order valence-corrected chi connectivity index (χ0v) is 11.8. The Labute approximate surface area is 127 Å². The van der Waals surface area contributed by atoms with Gasteiger partial charge in [0.05, 0.1) is 5.56 Å². The minimum Gasteiger partial charge on any atom is -0.423 e. The van der Waals surface area contributed by atoms with Gasteiger partial charge >= 0.3 is 5.97 Å². The van der Waals surface area contributed by atoms with Crippen LogP contribution in [0.2, 0.25) is 0 Å². The topological polar surface area (TPSA) is 94.3 Å². The highest BCUT2D eigenvalue weighted by atomic mass is 16.5. The van der Waals surface area contributed by atoms with E-state index in [4.69, 9.17) is 10.5 Å². The van der Waals surface area contributed by atoms with E-state index < -0.39 is 17.9 Å². The lowest BCUT2D eigenvalue weighted by molar-refractivity contribution is -0.120. The molecule has 3 N–H and O–H groups in total. The van der Waals surface area contributed by atoms with Gasteiger partial charge < -0.3 is 15.8 Å². The van der Waals surface area contributed by atoms with Crippen LogP contribution >= 0.6 is 0 Å². The molecule has 1 aromatic carbocycles. The molecule has 0 radical (unpaired) electrons. The van der Waals surface area contributed by atoms with E-state index in [0.717, 1.165) is 17.5 Å². The highest BCUT2D eigenvalue weighted by Crippen LogP contribution is 2.24. The number of hydrogen-bond donors (Lipinski definition) is 2. The van der Waals surface area contributed by atoms with Gasteiger partial charge in [0.15, 0.2) is 0 Å². The van der Waals surface area contributed by atoms with Crippen molar-refractivity contribution in [2.24, 2.45) is 5.73 Å². The predicted octanol–water partition coefficient (Wildman–Crippen LogP) is 0.973. The third-order valence-electron chi connectivity index (χ3n) is 3.58. The molecule has 0 saturated heterocycles. The highest BCUT2D eigenvalue weighted by molar-refractivity contribution is 5.92. The molecule has 1 amide bonds. The average molecular weight is 297 g/mol. The Balaban J connectivity index is 1.84. The molecule has 1 aromatic heterocycles. The molecule has 1 unspecified atom stereocenters. The molecule has 6 heteroatoms. The number of amides is 1. The zero-order valence-electron chi connectivity index (χ0n) is 11.8. The van der Waals surface area contributed by atoms with Crippen molar-refractivity contribution in [3.63, 3.8) is 0 Å². The van der Waals surface area contributed by atoms with Gasteiger partial charge in [-0.2, -0.15) is 0 Å². The largest absolute Gasteiger partial charge is 0.423 e. The molecule has 0 aliphatic carbocycles. The molecule has 0 fully saturated rings. The Hall–Kier alpha value is -2.73. The minimum absolute atomic E-state index is 0.423. The number of benzene rings is 1. The minimum atomic E-state index is -0.506. The fourth-order valence-corrected chi connectivity index (χ4v) is 2.52. The van der Waals surface area contributed by atoms with Crippen LogP contribution in [0.5, 0.6) is 5.75 Å². The number of primary amides is 1. The number of nitrogens with two attached hydrogens (primary N) is 1. The third-order valence-corrected chi connectivity index (χ3v) is 3.58. The van der Waals surface area contributed by atoms with Crippen molar-refractivity contribution in [3.05, 3.63) is 59.4 Å². The summed E-state index contributed by atoms with van der Waals surface area (Å²) in [6.45, 7) is 0.642. The van der Waals surface area contributed by atoms with Crippen LogP contribution in [0.15, 0.2) is 42.7 Å². The number of esters is 1. The van der Waals surface area contributed by atoms with E-state index in [1.165, 1.54) is 0 Å². The van der Waals surface area contributed by atoms with Crippen molar-refractivity contribution in [1.29, 1.82) is 0 Å². The number of nitrogens with one attached hydrogen (secondary N) is 1. The summed E-state index contributed by atoms with van der Waals surface area (Å²) >= 11 is 0. The van der Waals surface area contributed by atoms with E-state index in [-0.39, 0.29) is 0 Å². The van der Waals surface area contributed by atoms with Crippen LogP contribution in [0.4, 0.5) is 0 Å². The van der Waals surface area contributed by atoms with Crippen LogP contribution in [0.25, 0.3) is 0 Å². The fourth-order valence-electron chi connectivity index (χ4n) is 2.52. The van der Waals surface area contributed by atoms with Gasteiger partial charge in [-0.3, -0.25) is 9.78 Å². The van der Waals surface area contributed by atoms with Gasteiger partial charge in [0.2, 0.25) is 5.91 Å². The van der Waals surface area contributed by atoms with E-state index in [2.05, 4.69) is 10.3 Å². The molecule has 2 aromatic rings. The van der Waals surface area contributed by atoms with Gasteiger partial charge in [0, 0.05) is 18.9 Å². The highest BCUT2D eigenvalue weighted by Gasteiger charge is 2.25. The lowest BCUT2D eigenvalue weighted by atomic mass is 9.92. The van der Waals surface area contributed by atoms with Gasteiger partial charge in [-0.1, -0.05) is 6.07 Å². The van der Waals surface area contributed by atoms with Crippen molar-refractivity contribution in [2.45, 2.75) is 12.5 Å². The molecule has 0 spiro atoms. The molecule has 0 bridgehead atoms. The summed E-state index contributed by atoms with van der Waals surface area (Å²) in [4.78, 5) is 27.5. The van der Waals surface area contributed by atoms with E-state index in [9.17, 15) is 9.59 Å². The first-order valence-electron chi connectivity index (χ1n) is 6.93. The first-order chi connectivity index (χ1) is 10.6.